The van der Waals surface area contributed by atoms with E-state index in [1.807, 2.05) is 20.8 Å². The summed E-state index contributed by atoms with van der Waals surface area (Å²) in [5, 5.41) is 2.71. The standard InChI is InChI=1S/C15H27NO3/c1-11(17)13(10-12-8-6-5-7-9-12)16-14(18)19-15(2,3)4/h12-13H,5-10H2,1-4H3,(H,16,18). The first-order chi connectivity index (χ1) is 8.78. The molecule has 0 aromatic rings. The van der Waals surface area contributed by atoms with Crippen LogP contribution in [0.4, 0.5) is 4.79 Å². The van der Waals surface area contributed by atoms with Crippen LogP contribution in [0.2, 0.25) is 0 Å². The summed E-state index contributed by atoms with van der Waals surface area (Å²) in [7, 11) is 0. The summed E-state index contributed by atoms with van der Waals surface area (Å²) in [6.07, 6.45) is 6.35. The summed E-state index contributed by atoms with van der Waals surface area (Å²) in [6, 6.07) is -0.405. The minimum absolute atomic E-state index is 0.0106. The average Bonchev–Trinajstić information content (AvgIpc) is 2.26. The van der Waals surface area contributed by atoms with Crippen LogP contribution >= 0.6 is 0 Å². The summed E-state index contributed by atoms with van der Waals surface area (Å²) < 4.78 is 5.21. The third kappa shape index (κ3) is 6.60. The van der Waals surface area contributed by atoms with Crippen molar-refractivity contribution in [3.8, 4) is 0 Å². The van der Waals surface area contributed by atoms with Gasteiger partial charge in [-0.05, 0) is 40.0 Å². The molecular weight excluding hydrogens is 242 g/mol. The first kappa shape index (κ1) is 16.0. The highest BCUT2D eigenvalue weighted by atomic mass is 16.6. The second kappa shape index (κ2) is 6.92. The highest BCUT2D eigenvalue weighted by Crippen LogP contribution is 2.27. The topological polar surface area (TPSA) is 55.4 Å². The lowest BCUT2D eigenvalue weighted by atomic mass is 9.84. The Morgan fingerprint density at radius 1 is 1.21 bits per heavy atom. The molecule has 110 valence electrons. The summed E-state index contributed by atoms with van der Waals surface area (Å²) in [6.45, 7) is 6.98. The zero-order valence-electron chi connectivity index (χ0n) is 12.6. The third-order valence-electron chi connectivity index (χ3n) is 3.48. The molecule has 4 heteroatoms. The van der Waals surface area contributed by atoms with Gasteiger partial charge in [-0.15, -0.1) is 0 Å². The molecule has 1 saturated carbocycles. The van der Waals surface area contributed by atoms with Gasteiger partial charge in [0.1, 0.15) is 5.60 Å². The summed E-state index contributed by atoms with van der Waals surface area (Å²) in [4.78, 5) is 23.4. The van der Waals surface area contributed by atoms with Gasteiger partial charge in [-0.1, -0.05) is 32.1 Å². The van der Waals surface area contributed by atoms with Crippen LogP contribution in [0.3, 0.4) is 0 Å². The number of hydrogen-bond acceptors (Lipinski definition) is 3. The molecule has 19 heavy (non-hydrogen) atoms. The van der Waals surface area contributed by atoms with Crippen LogP contribution < -0.4 is 5.32 Å². The maximum atomic E-state index is 11.7. The summed E-state index contributed by atoms with van der Waals surface area (Å²) >= 11 is 0. The van der Waals surface area contributed by atoms with Crippen molar-refractivity contribution in [3.63, 3.8) is 0 Å². The molecule has 0 aromatic carbocycles. The van der Waals surface area contributed by atoms with Gasteiger partial charge in [-0.25, -0.2) is 4.79 Å². The molecular formula is C15H27NO3. The molecule has 1 fully saturated rings. The van der Waals surface area contributed by atoms with E-state index in [0.717, 1.165) is 6.42 Å². The number of amides is 1. The SMILES string of the molecule is CC(=O)C(CC1CCCCC1)NC(=O)OC(C)(C)C. The van der Waals surface area contributed by atoms with Crippen molar-refractivity contribution >= 4 is 11.9 Å². The van der Waals surface area contributed by atoms with Gasteiger partial charge in [0.15, 0.2) is 5.78 Å². The van der Waals surface area contributed by atoms with Gasteiger partial charge in [0.25, 0.3) is 0 Å². The van der Waals surface area contributed by atoms with E-state index in [9.17, 15) is 9.59 Å². The third-order valence-corrected chi connectivity index (χ3v) is 3.48. The second-order valence-corrected chi connectivity index (χ2v) is 6.55. The van der Waals surface area contributed by atoms with E-state index >= 15 is 0 Å². The smallest absolute Gasteiger partial charge is 0.408 e. The van der Waals surface area contributed by atoms with Gasteiger partial charge < -0.3 is 10.1 Å². The fraction of sp³-hybridized carbons (Fsp3) is 0.867. The predicted octanol–water partition coefficient (Wildman–Crippen LogP) is 3.44. The minimum Gasteiger partial charge on any atom is -0.444 e. The molecule has 1 aliphatic carbocycles. The zero-order chi connectivity index (χ0) is 14.5. The first-order valence-corrected chi connectivity index (χ1v) is 7.28. The monoisotopic (exact) mass is 269 g/mol. The minimum atomic E-state index is -0.531. The average molecular weight is 269 g/mol. The summed E-state index contributed by atoms with van der Waals surface area (Å²) in [5.74, 6) is 0.564. The van der Waals surface area contributed by atoms with Gasteiger partial charge in [-0.3, -0.25) is 4.79 Å². The quantitative estimate of drug-likeness (QED) is 0.850. The molecule has 4 nitrogen and oxygen atoms in total. The van der Waals surface area contributed by atoms with Crippen molar-refractivity contribution in [1.82, 2.24) is 5.32 Å². The fourth-order valence-corrected chi connectivity index (χ4v) is 2.53. The van der Waals surface area contributed by atoms with Crippen molar-refractivity contribution in [3.05, 3.63) is 0 Å². The van der Waals surface area contributed by atoms with E-state index in [1.54, 1.807) is 0 Å². The van der Waals surface area contributed by atoms with E-state index in [1.165, 1.54) is 39.0 Å². The van der Waals surface area contributed by atoms with Gasteiger partial charge in [-0.2, -0.15) is 0 Å². The Labute approximate surface area is 116 Å². The number of rotatable bonds is 4. The highest BCUT2D eigenvalue weighted by molar-refractivity contribution is 5.85. The number of nitrogens with one attached hydrogen (secondary N) is 1. The van der Waals surface area contributed by atoms with Crippen LogP contribution in [0.5, 0.6) is 0 Å². The van der Waals surface area contributed by atoms with Crippen LogP contribution in [-0.2, 0) is 9.53 Å². The van der Waals surface area contributed by atoms with Crippen molar-refractivity contribution in [2.75, 3.05) is 0 Å². The molecule has 1 N–H and O–H groups in total. The Kier molecular flexibility index (Phi) is 5.83. The van der Waals surface area contributed by atoms with Gasteiger partial charge in [0.05, 0.1) is 6.04 Å². The van der Waals surface area contributed by atoms with Crippen molar-refractivity contribution in [2.24, 2.45) is 5.92 Å². The molecule has 0 aromatic heterocycles. The molecule has 1 rings (SSSR count). The number of alkyl carbamates (subject to hydrolysis) is 1. The van der Waals surface area contributed by atoms with Gasteiger partial charge in [0, 0.05) is 0 Å². The van der Waals surface area contributed by atoms with Crippen LogP contribution in [0.1, 0.15) is 66.2 Å². The molecule has 1 aliphatic rings. The second-order valence-electron chi connectivity index (χ2n) is 6.55. The molecule has 0 heterocycles. The molecule has 1 unspecified atom stereocenters. The Balaban J connectivity index is 2.48. The molecule has 0 spiro atoms. The van der Waals surface area contributed by atoms with E-state index in [-0.39, 0.29) is 5.78 Å². The molecule has 0 radical (unpaired) electrons. The van der Waals surface area contributed by atoms with Crippen LogP contribution in [0.15, 0.2) is 0 Å². The Morgan fingerprint density at radius 2 is 1.79 bits per heavy atom. The first-order valence-electron chi connectivity index (χ1n) is 7.28. The van der Waals surface area contributed by atoms with Crippen molar-refractivity contribution in [1.29, 1.82) is 0 Å². The van der Waals surface area contributed by atoms with Gasteiger partial charge in [0.2, 0.25) is 0 Å². The normalized spacial score (nSPS) is 18.7. The number of carbonyl (C=O) groups is 2. The molecule has 0 aliphatic heterocycles. The zero-order valence-corrected chi connectivity index (χ0v) is 12.6. The van der Waals surface area contributed by atoms with Crippen molar-refractivity contribution < 1.29 is 14.3 Å². The number of ketones is 1. The van der Waals surface area contributed by atoms with E-state index in [0.29, 0.717) is 5.92 Å². The number of ether oxygens (including phenoxy) is 1. The van der Waals surface area contributed by atoms with Crippen LogP contribution in [0, 0.1) is 5.92 Å². The fourth-order valence-electron chi connectivity index (χ4n) is 2.53. The Bertz CT molecular complexity index is 314. The Hall–Kier alpha value is -1.06. The number of hydrogen-bond donors (Lipinski definition) is 1. The maximum absolute atomic E-state index is 11.7. The molecule has 1 atom stereocenters. The van der Waals surface area contributed by atoms with Crippen LogP contribution in [0.25, 0.3) is 0 Å². The molecule has 1 amide bonds. The highest BCUT2D eigenvalue weighted by Gasteiger charge is 2.25. The lowest BCUT2D eigenvalue weighted by Gasteiger charge is -2.27. The van der Waals surface area contributed by atoms with E-state index < -0.39 is 17.7 Å². The van der Waals surface area contributed by atoms with Gasteiger partial charge >= 0.3 is 6.09 Å². The van der Waals surface area contributed by atoms with Crippen LogP contribution in [-0.4, -0.2) is 23.5 Å². The Morgan fingerprint density at radius 3 is 2.26 bits per heavy atom. The lowest BCUT2D eigenvalue weighted by molar-refractivity contribution is -0.119. The maximum Gasteiger partial charge on any atom is 0.408 e. The number of Topliss-reactive ketones (excluding diaryl/α,β-unsaturated/α-hetero) is 1. The number of carbonyl (C=O) groups excluding carboxylic acids is 2. The van der Waals surface area contributed by atoms with E-state index in [2.05, 4.69) is 5.32 Å². The molecule has 0 saturated heterocycles. The molecule has 0 bridgehead atoms. The summed E-state index contributed by atoms with van der Waals surface area (Å²) in [5.41, 5.74) is -0.531. The van der Waals surface area contributed by atoms with Crippen molar-refractivity contribution in [2.45, 2.75) is 77.9 Å². The largest absolute Gasteiger partial charge is 0.444 e. The van der Waals surface area contributed by atoms with E-state index in [4.69, 9.17) is 4.74 Å². The lowest BCUT2D eigenvalue weighted by Crippen LogP contribution is -2.43. The predicted molar refractivity (Wildman–Crippen MR) is 75.0 cm³/mol.